The molecular weight excluding hydrogens is 268 g/mol. The molecule has 21 heavy (non-hydrogen) atoms. The zero-order valence-corrected chi connectivity index (χ0v) is 13.9. The summed E-state index contributed by atoms with van der Waals surface area (Å²) in [6.07, 6.45) is 0. The highest BCUT2D eigenvalue weighted by molar-refractivity contribution is 5.57. The Morgan fingerprint density at radius 2 is 1.57 bits per heavy atom. The fraction of sp³-hybridized carbons (Fsp3) is 0.733. The number of aliphatic hydroxyl groups is 2. The zero-order chi connectivity index (χ0) is 16.3. The van der Waals surface area contributed by atoms with Gasteiger partial charge in [0.05, 0.1) is 6.61 Å². The van der Waals surface area contributed by atoms with Crippen molar-refractivity contribution in [2.24, 2.45) is 0 Å². The molecule has 0 aliphatic heterocycles. The summed E-state index contributed by atoms with van der Waals surface area (Å²) >= 11 is 0. The number of nitrogens with zero attached hydrogens (tertiary/aromatic N) is 2. The highest BCUT2D eigenvalue weighted by Gasteiger charge is 2.23. The van der Waals surface area contributed by atoms with Crippen LogP contribution in [0.3, 0.4) is 0 Å². The van der Waals surface area contributed by atoms with Crippen LogP contribution in [0.15, 0.2) is 0 Å². The molecule has 0 saturated carbocycles. The summed E-state index contributed by atoms with van der Waals surface area (Å²) in [6.45, 7) is 12.4. The second-order valence-electron chi connectivity index (χ2n) is 6.66. The predicted molar refractivity (Wildman–Crippen MR) is 85.8 cm³/mol. The molecule has 0 fully saturated rings. The maximum atomic E-state index is 9.91. The van der Waals surface area contributed by atoms with E-state index < -0.39 is 5.60 Å². The first-order valence-electron chi connectivity index (χ1n) is 7.31. The van der Waals surface area contributed by atoms with Crippen LogP contribution in [0.1, 0.15) is 46.0 Å². The molecule has 0 amide bonds. The lowest BCUT2D eigenvalue weighted by atomic mass is 9.95. The van der Waals surface area contributed by atoms with Gasteiger partial charge in [0.15, 0.2) is 0 Å². The fourth-order valence-electron chi connectivity index (χ4n) is 1.69. The smallest absolute Gasteiger partial charge is 0.138 e. The molecule has 1 heterocycles. The van der Waals surface area contributed by atoms with Crippen molar-refractivity contribution in [2.75, 3.05) is 30.3 Å². The highest BCUT2D eigenvalue weighted by Crippen LogP contribution is 2.26. The lowest BCUT2D eigenvalue weighted by molar-refractivity contribution is 0.0131. The van der Waals surface area contributed by atoms with Crippen molar-refractivity contribution in [3.63, 3.8) is 0 Å². The first-order chi connectivity index (χ1) is 9.60. The van der Waals surface area contributed by atoms with Gasteiger partial charge in [-0.05, 0) is 20.8 Å². The second-order valence-corrected chi connectivity index (χ2v) is 6.66. The van der Waals surface area contributed by atoms with E-state index in [0.29, 0.717) is 5.82 Å². The van der Waals surface area contributed by atoms with E-state index in [2.05, 4.69) is 41.4 Å². The van der Waals surface area contributed by atoms with Crippen molar-refractivity contribution in [1.29, 1.82) is 0 Å². The summed E-state index contributed by atoms with van der Waals surface area (Å²) < 4.78 is 0. The molecule has 0 aliphatic rings. The highest BCUT2D eigenvalue weighted by atomic mass is 16.3. The third kappa shape index (κ3) is 4.82. The first kappa shape index (κ1) is 17.7. The Bertz CT molecular complexity index is 481. The van der Waals surface area contributed by atoms with E-state index in [-0.39, 0.29) is 18.6 Å². The Morgan fingerprint density at radius 3 is 2.00 bits per heavy atom. The Kier molecular flexibility index (Phi) is 5.53. The fourth-order valence-corrected chi connectivity index (χ4v) is 1.69. The van der Waals surface area contributed by atoms with Gasteiger partial charge < -0.3 is 20.8 Å². The number of nitrogens with one attached hydrogen (secondary N) is 2. The van der Waals surface area contributed by atoms with Crippen molar-refractivity contribution in [2.45, 2.75) is 52.6 Å². The Labute approximate surface area is 127 Å². The molecule has 1 atom stereocenters. The van der Waals surface area contributed by atoms with Crippen LogP contribution in [-0.4, -0.2) is 45.5 Å². The summed E-state index contributed by atoms with van der Waals surface area (Å²) in [7, 11) is 0. The van der Waals surface area contributed by atoms with Gasteiger partial charge in [-0.25, -0.2) is 9.97 Å². The Hall–Kier alpha value is -1.40. The standard InChI is InChI=1S/C15H28N4O2/c1-7-16-11-10(2)12(17-8-15(6,21)9-20)19-13(18-11)14(3,4)5/h20-21H,7-9H2,1-6H3,(H2,16,17,18,19). The van der Waals surface area contributed by atoms with Crippen molar-refractivity contribution in [1.82, 2.24) is 9.97 Å². The number of rotatable bonds is 6. The molecule has 1 rings (SSSR count). The molecular formula is C15H28N4O2. The third-order valence-electron chi connectivity index (χ3n) is 3.14. The topological polar surface area (TPSA) is 90.3 Å². The van der Waals surface area contributed by atoms with Gasteiger partial charge in [-0.1, -0.05) is 20.8 Å². The number of anilines is 2. The third-order valence-corrected chi connectivity index (χ3v) is 3.14. The minimum Gasteiger partial charge on any atom is -0.393 e. The van der Waals surface area contributed by atoms with Crippen LogP contribution in [0.2, 0.25) is 0 Å². The van der Waals surface area contributed by atoms with Crippen LogP contribution in [0, 0.1) is 6.92 Å². The molecule has 0 radical (unpaired) electrons. The molecule has 120 valence electrons. The van der Waals surface area contributed by atoms with Crippen LogP contribution >= 0.6 is 0 Å². The van der Waals surface area contributed by atoms with E-state index >= 15 is 0 Å². The Morgan fingerprint density at radius 1 is 1.05 bits per heavy atom. The van der Waals surface area contributed by atoms with Gasteiger partial charge in [0.1, 0.15) is 23.1 Å². The molecule has 1 unspecified atom stereocenters. The Balaban J connectivity index is 3.14. The number of hydrogen-bond donors (Lipinski definition) is 4. The van der Waals surface area contributed by atoms with Crippen molar-refractivity contribution >= 4 is 11.6 Å². The minimum atomic E-state index is -1.18. The van der Waals surface area contributed by atoms with Crippen molar-refractivity contribution < 1.29 is 10.2 Å². The average Bonchev–Trinajstić information content (AvgIpc) is 2.38. The number of aliphatic hydroxyl groups excluding tert-OH is 1. The van der Waals surface area contributed by atoms with Gasteiger partial charge in [0, 0.05) is 24.1 Å². The SMILES string of the molecule is CCNc1nc(C(C)(C)C)nc(NCC(C)(O)CO)c1C. The normalized spacial score (nSPS) is 14.7. The van der Waals surface area contributed by atoms with E-state index in [1.54, 1.807) is 6.92 Å². The quantitative estimate of drug-likeness (QED) is 0.638. The zero-order valence-electron chi connectivity index (χ0n) is 13.9. The summed E-state index contributed by atoms with van der Waals surface area (Å²) in [5.74, 6) is 2.21. The van der Waals surface area contributed by atoms with Crippen LogP contribution < -0.4 is 10.6 Å². The largest absolute Gasteiger partial charge is 0.393 e. The predicted octanol–water partition coefficient (Wildman–Crippen LogP) is 1.67. The van der Waals surface area contributed by atoms with Crippen molar-refractivity contribution in [3.05, 3.63) is 11.4 Å². The summed E-state index contributed by atoms with van der Waals surface area (Å²) in [5, 5.41) is 25.4. The summed E-state index contributed by atoms with van der Waals surface area (Å²) in [6, 6.07) is 0. The summed E-state index contributed by atoms with van der Waals surface area (Å²) in [4.78, 5) is 9.15. The van der Waals surface area contributed by atoms with Gasteiger partial charge in [-0.2, -0.15) is 0 Å². The second kappa shape index (κ2) is 6.58. The molecule has 0 bridgehead atoms. The van der Waals surface area contributed by atoms with Gasteiger partial charge in [0.25, 0.3) is 0 Å². The monoisotopic (exact) mass is 296 g/mol. The molecule has 6 heteroatoms. The van der Waals surface area contributed by atoms with E-state index in [1.165, 1.54) is 0 Å². The first-order valence-corrected chi connectivity index (χ1v) is 7.31. The van der Waals surface area contributed by atoms with Gasteiger partial charge in [-0.3, -0.25) is 0 Å². The van der Waals surface area contributed by atoms with E-state index in [4.69, 9.17) is 5.11 Å². The summed E-state index contributed by atoms with van der Waals surface area (Å²) in [5.41, 5.74) is -0.454. The molecule has 1 aromatic heterocycles. The lowest BCUT2D eigenvalue weighted by Gasteiger charge is -2.24. The van der Waals surface area contributed by atoms with Gasteiger partial charge in [0.2, 0.25) is 0 Å². The van der Waals surface area contributed by atoms with Gasteiger partial charge in [-0.15, -0.1) is 0 Å². The van der Waals surface area contributed by atoms with Crippen molar-refractivity contribution in [3.8, 4) is 0 Å². The molecule has 6 nitrogen and oxygen atoms in total. The van der Waals surface area contributed by atoms with E-state index in [9.17, 15) is 5.11 Å². The molecule has 0 aromatic carbocycles. The molecule has 1 aromatic rings. The van der Waals surface area contributed by atoms with Crippen LogP contribution in [0.25, 0.3) is 0 Å². The minimum absolute atomic E-state index is 0.173. The number of aromatic nitrogens is 2. The maximum Gasteiger partial charge on any atom is 0.138 e. The molecule has 0 spiro atoms. The van der Waals surface area contributed by atoms with E-state index in [0.717, 1.165) is 23.8 Å². The lowest BCUT2D eigenvalue weighted by Crippen LogP contribution is -2.37. The average molecular weight is 296 g/mol. The van der Waals surface area contributed by atoms with Crippen LogP contribution in [0.4, 0.5) is 11.6 Å². The van der Waals surface area contributed by atoms with Crippen LogP contribution in [0.5, 0.6) is 0 Å². The van der Waals surface area contributed by atoms with Crippen LogP contribution in [-0.2, 0) is 5.41 Å². The number of hydrogen-bond acceptors (Lipinski definition) is 6. The van der Waals surface area contributed by atoms with Gasteiger partial charge >= 0.3 is 0 Å². The molecule has 0 aliphatic carbocycles. The van der Waals surface area contributed by atoms with E-state index in [1.807, 2.05) is 13.8 Å². The molecule has 0 saturated heterocycles. The maximum absolute atomic E-state index is 9.91. The molecule has 4 N–H and O–H groups in total.